The number of rotatable bonds is 3. The van der Waals surface area contributed by atoms with E-state index >= 15 is 0 Å². The predicted molar refractivity (Wildman–Crippen MR) is 66.0 cm³/mol. The third-order valence-electron chi connectivity index (χ3n) is 2.24. The number of aromatic nitrogens is 3. The summed E-state index contributed by atoms with van der Waals surface area (Å²) in [6.45, 7) is 2.78. The molecule has 2 aromatic rings. The molecule has 0 aliphatic heterocycles. The van der Waals surface area contributed by atoms with Crippen LogP contribution < -0.4 is 5.32 Å². The lowest BCUT2D eigenvalue weighted by Crippen LogP contribution is -2.03. The van der Waals surface area contributed by atoms with Crippen LogP contribution in [0, 0.1) is 6.92 Å². The standard InChI is InChI=1S/C11H11BrN4/c1-8-2-3-13-5-9(8)6-14-11-4-10(12)15-7-16-11/h2-5,7H,6H2,1H3,(H,14,15,16). The first kappa shape index (κ1) is 11.0. The smallest absolute Gasteiger partial charge is 0.130 e. The van der Waals surface area contributed by atoms with Crippen molar-refractivity contribution in [1.29, 1.82) is 0 Å². The van der Waals surface area contributed by atoms with Gasteiger partial charge in [0.05, 0.1) is 0 Å². The number of anilines is 1. The van der Waals surface area contributed by atoms with E-state index in [4.69, 9.17) is 0 Å². The summed E-state index contributed by atoms with van der Waals surface area (Å²) >= 11 is 3.30. The second-order valence-corrected chi connectivity index (χ2v) is 4.19. The van der Waals surface area contributed by atoms with Crippen molar-refractivity contribution in [3.05, 3.63) is 46.6 Å². The normalized spacial score (nSPS) is 10.1. The Morgan fingerprint density at radius 1 is 1.38 bits per heavy atom. The highest BCUT2D eigenvalue weighted by atomic mass is 79.9. The van der Waals surface area contributed by atoms with Gasteiger partial charge in [-0.05, 0) is 40.0 Å². The molecule has 1 N–H and O–H groups in total. The molecule has 2 rings (SSSR count). The molecule has 0 spiro atoms. The van der Waals surface area contributed by atoms with Crippen LogP contribution in [0.2, 0.25) is 0 Å². The number of aryl methyl sites for hydroxylation is 1. The summed E-state index contributed by atoms with van der Waals surface area (Å²) in [6.07, 6.45) is 5.17. The van der Waals surface area contributed by atoms with Crippen LogP contribution in [-0.4, -0.2) is 15.0 Å². The van der Waals surface area contributed by atoms with Gasteiger partial charge in [-0.2, -0.15) is 0 Å². The molecule has 0 aliphatic rings. The van der Waals surface area contributed by atoms with Crippen LogP contribution >= 0.6 is 15.9 Å². The highest BCUT2D eigenvalue weighted by Crippen LogP contribution is 2.12. The monoisotopic (exact) mass is 278 g/mol. The number of nitrogens with zero attached hydrogens (tertiary/aromatic N) is 3. The molecule has 16 heavy (non-hydrogen) atoms. The molecule has 5 heteroatoms. The van der Waals surface area contributed by atoms with E-state index in [1.165, 1.54) is 11.9 Å². The van der Waals surface area contributed by atoms with Crippen LogP contribution in [0.4, 0.5) is 5.82 Å². The van der Waals surface area contributed by atoms with Crippen molar-refractivity contribution in [3.63, 3.8) is 0 Å². The number of hydrogen-bond donors (Lipinski definition) is 1. The Morgan fingerprint density at radius 3 is 3.00 bits per heavy atom. The summed E-state index contributed by atoms with van der Waals surface area (Å²) in [5.74, 6) is 0.796. The fourth-order valence-electron chi connectivity index (χ4n) is 1.30. The molecule has 0 radical (unpaired) electrons. The Bertz CT molecular complexity index is 487. The first-order chi connectivity index (χ1) is 7.75. The lowest BCUT2D eigenvalue weighted by molar-refractivity contribution is 1.04. The van der Waals surface area contributed by atoms with E-state index in [2.05, 4.69) is 43.1 Å². The Morgan fingerprint density at radius 2 is 2.25 bits per heavy atom. The molecule has 2 aromatic heterocycles. The van der Waals surface area contributed by atoms with Crippen LogP contribution in [0.15, 0.2) is 35.5 Å². The summed E-state index contributed by atoms with van der Waals surface area (Å²) in [4.78, 5) is 12.2. The van der Waals surface area contributed by atoms with Gasteiger partial charge in [0.1, 0.15) is 16.7 Å². The number of hydrogen-bond acceptors (Lipinski definition) is 4. The molecule has 0 amide bonds. The van der Waals surface area contributed by atoms with Gasteiger partial charge in [-0.15, -0.1) is 0 Å². The minimum atomic E-state index is 0.711. The summed E-state index contributed by atoms with van der Waals surface area (Å²) in [7, 11) is 0. The summed E-state index contributed by atoms with van der Waals surface area (Å²) in [5, 5.41) is 3.22. The average Bonchev–Trinajstić information content (AvgIpc) is 2.28. The van der Waals surface area contributed by atoms with E-state index in [1.807, 2.05) is 18.3 Å². The maximum absolute atomic E-state index is 4.11. The fourth-order valence-corrected chi connectivity index (χ4v) is 1.61. The molecule has 0 aliphatic carbocycles. The molecule has 0 saturated carbocycles. The summed E-state index contributed by atoms with van der Waals surface area (Å²) < 4.78 is 0.771. The third-order valence-corrected chi connectivity index (χ3v) is 2.67. The van der Waals surface area contributed by atoms with Gasteiger partial charge in [-0.3, -0.25) is 4.98 Å². The fraction of sp³-hybridized carbons (Fsp3) is 0.182. The highest BCUT2D eigenvalue weighted by Gasteiger charge is 1.99. The minimum Gasteiger partial charge on any atom is -0.366 e. The van der Waals surface area contributed by atoms with E-state index in [-0.39, 0.29) is 0 Å². The van der Waals surface area contributed by atoms with E-state index in [1.54, 1.807) is 6.20 Å². The van der Waals surface area contributed by atoms with Crippen LogP contribution in [0.25, 0.3) is 0 Å². The largest absolute Gasteiger partial charge is 0.366 e. The molecule has 0 aromatic carbocycles. The molecular weight excluding hydrogens is 268 g/mol. The quantitative estimate of drug-likeness (QED) is 0.877. The van der Waals surface area contributed by atoms with E-state index in [0.29, 0.717) is 6.54 Å². The molecule has 82 valence electrons. The molecule has 4 nitrogen and oxygen atoms in total. The zero-order valence-corrected chi connectivity index (χ0v) is 10.4. The Balaban J connectivity index is 2.05. The van der Waals surface area contributed by atoms with Crippen molar-refractivity contribution in [3.8, 4) is 0 Å². The summed E-state index contributed by atoms with van der Waals surface area (Å²) in [6, 6.07) is 3.83. The minimum absolute atomic E-state index is 0.711. The molecule has 0 saturated heterocycles. The highest BCUT2D eigenvalue weighted by molar-refractivity contribution is 9.10. The van der Waals surface area contributed by atoms with Gasteiger partial charge in [-0.25, -0.2) is 9.97 Å². The number of halogens is 1. The molecular formula is C11H11BrN4. The first-order valence-electron chi connectivity index (χ1n) is 4.86. The maximum atomic E-state index is 4.11. The molecule has 0 fully saturated rings. The van der Waals surface area contributed by atoms with Gasteiger partial charge >= 0.3 is 0 Å². The topological polar surface area (TPSA) is 50.7 Å². The summed E-state index contributed by atoms with van der Waals surface area (Å²) in [5.41, 5.74) is 2.38. The van der Waals surface area contributed by atoms with Crippen molar-refractivity contribution >= 4 is 21.7 Å². The molecule has 2 heterocycles. The van der Waals surface area contributed by atoms with Crippen molar-refractivity contribution in [2.45, 2.75) is 13.5 Å². The van der Waals surface area contributed by atoms with Gasteiger partial charge in [0.25, 0.3) is 0 Å². The lowest BCUT2D eigenvalue weighted by Gasteiger charge is -2.07. The Hall–Kier alpha value is -1.49. The molecule has 0 bridgehead atoms. The van der Waals surface area contributed by atoms with Crippen molar-refractivity contribution in [1.82, 2.24) is 15.0 Å². The van der Waals surface area contributed by atoms with Crippen molar-refractivity contribution < 1.29 is 0 Å². The Labute approximate surface area is 102 Å². The van der Waals surface area contributed by atoms with Crippen molar-refractivity contribution in [2.24, 2.45) is 0 Å². The number of nitrogens with one attached hydrogen (secondary N) is 1. The van der Waals surface area contributed by atoms with Gasteiger partial charge in [-0.1, -0.05) is 0 Å². The van der Waals surface area contributed by atoms with Gasteiger partial charge in [0.15, 0.2) is 0 Å². The number of pyridine rings is 1. The van der Waals surface area contributed by atoms with Crippen molar-refractivity contribution in [2.75, 3.05) is 5.32 Å². The van der Waals surface area contributed by atoms with Crippen LogP contribution in [0.5, 0.6) is 0 Å². The van der Waals surface area contributed by atoms with E-state index < -0.39 is 0 Å². The Kier molecular flexibility index (Phi) is 3.46. The third kappa shape index (κ3) is 2.76. The molecule has 0 atom stereocenters. The van der Waals surface area contributed by atoms with Crippen LogP contribution in [0.3, 0.4) is 0 Å². The van der Waals surface area contributed by atoms with Crippen LogP contribution in [0.1, 0.15) is 11.1 Å². The second kappa shape index (κ2) is 5.03. The van der Waals surface area contributed by atoms with E-state index in [9.17, 15) is 0 Å². The second-order valence-electron chi connectivity index (χ2n) is 3.38. The average molecular weight is 279 g/mol. The SMILES string of the molecule is Cc1ccncc1CNc1cc(Br)ncn1. The van der Waals surface area contributed by atoms with Gasteiger partial charge < -0.3 is 5.32 Å². The van der Waals surface area contributed by atoms with Gasteiger partial charge in [0.2, 0.25) is 0 Å². The predicted octanol–water partition coefficient (Wildman–Crippen LogP) is 2.55. The zero-order valence-electron chi connectivity index (χ0n) is 8.81. The van der Waals surface area contributed by atoms with E-state index in [0.717, 1.165) is 16.0 Å². The lowest BCUT2D eigenvalue weighted by atomic mass is 10.1. The molecule has 0 unspecified atom stereocenters. The zero-order chi connectivity index (χ0) is 11.4. The maximum Gasteiger partial charge on any atom is 0.130 e. The van der Waals surface area contributed by atoms with Gasteiger partial charge in [0, 0.05) is 25.0 Å². The first-order valence-corrected chi connectivity index (χ1v) is 5.66. The van der Waals surface area contributed by atoms with Crippen LogP contribution in [-0.2, 0) is 6.54 Å².